The van der Waals surface area contributed by atoms with Gasteiger partial charge in [0.25, 0.3) is 5.91 Å². The predicted octanol–water partition coefficient (Wildman–Crippen LogP) is 2.76. The van der Waals surface area contributed by atoms with E-state index in [2.05, 4.69) is 5.32 Å². The van der Waals surface area contributed by atoms with Crippen molar-refractivity contribution in [2.75, 3.05) is 32.4 Å². The van der Waals surface area contributed by atoms with Crippen molar-refractivity contribution >= 4 is 21.4 Å². The fourth-order valence-electron chi connectivity index (χ4n) is 2.40. The summed E-state index contributed by atoms with van der Waals surface area (Å²) in [6.07, 6.45) is 0. The number of hydrogen-bond acceptors (Lipinski definition) is 6. The second-order valence-electron chi connectivity index (χ2n) is 5.27. The molecule has 26 heavy (non-hydrogen) atoms. The van der Waals surface area contributed by atoms with Gasteiger partial charge in [-0.05, 0) is 24.3 Å². The molecule has 2 aromatic carbocycles. The lowest BCUT2D eigenvalue weighted by molar-refractivity contribution is 0.102. The first-order chi connectivity index (χ1) is 12.4. The molecule has 0 aromatic heterocycles. The molecular formula is C18H21NO6S. The number of amides is 1. The Labute approximate surface area is 152 Å². The second kappa shape index (κ2) is 8.09. The van der Waals surface area contributed by atoms with E-state index in [4.69, 9.17) is 14.2 Å². The van der Waals surface area contributed by atoms with E-state index in [0.29, 0.717) is 17.2 Å². The monoisotopic (exact) mass is 379 g/mol. The van der Waals surface area contributed by atoms with E-state index in [1.165, 1.54) is 39.5 Å². The summed E-state index contributed by atoms with van der Waals surface area (Å²) < 4.78 is 40.1. The summed E-state index contributed by atoms with van der Waals surface area (Å²) in [4.78, 5) is 12.7. The molecule has 2 rings (SSSR count). The van der Waals surface area contributed by atoms with Crippen molar-refractivity contribution < 1.29 is 27.4 Å². The molecule has 2 aromatic rings. The lowest BCUT2D eigenvalue weighted by Gasteiger charge is -2.15. The van der Waals surface area contributed by atoms with Gasteiger partial charge in [0.05, 0.1) is 37.7 Å². The molecule has 0 heterocycles. The zero-order valence-corrected chi connectivity index (χ0v) is 15.8. The van der Waals surface area contributed by atoms with Crippen molar-refractivity contribution in [3.05, 3.63) is 42.0 Å². The molecule has 0 bridgehead atoms. The van der Waals surface area contributed by atoms with Gasteiger partial charge in [-0.25, -0.2) is 8.42 Å². The van der Waals surface area contributed by atoms with Crippen molar-refractivity contribution in [1.29, 1.82) is 0 Å². The van der Waals surface area contributed by atoms with Crippen molar-refractivity contribution in [2.24, 2.45) is 0 Å². The lowest BCUT2D eigenvalue weighted by atomic mass is 10.1. The highest BCUT2D eigenvalue weighted by Crippen LogP contribution is 2.38. The Kier molecular flexibility index (Phi) is 6.10. The number of ether oxygens (including phenoxy) is 3. The highest BCUT2D eigenvalue weighted by molar-refractivity contribution is 7.91. The molecule has 0 aliphatic heterocycles. The third-order valence-electron chi connectivity index (χ3n) is 3.78. The number of benzene rings is 2. The maximum atomic E-state index is 12.7. The van der Waals surface area contributed by atoms with Crippen molar-refractivity contribution in [2.45, 2.75) is 11.8 Å². The molecular weight excluding hydrogens is 358 g/mol. The Morgan fingerprint density at radius 2 is 1.58 bits per heavy atom. The van der Waals surface area contributed by atoms with Gasteiger partial charge in [0.1, 0.15) is 0 Å². The summed E-state index contributed by atoms with van der Waals surface area (Å²) in [5.74, 6) is 0.450. The fraction of sp³-hybridized carbons (Fsp3) is 0.278. The molecule has 1 amide bonds. The Hall–Kier alpha value is -2.74. The third-order valence-corrected chi connectivity index (χ3v) is 5.56. The Morgan fingerprint density at radius 3 is 2.08 bits per heavy atom. The maximum absolute atomic E-state index is 12.7. The molecule has 0 aliphatic rings. The molecule has 140 valence electrons. The van der Waals surface area contributed by atoms with E-state index >= 15 is 0 Å². The largest absolute Gasteiger partial charge is 0.493 e. The van der Waals surface area contributed by atoms with E-state index < -0.39 is 15.7 Å². The van der Waals surface area contributed by atoms with Crippen molar-refractivity contribution in [3.63, 3.8) is 0 Å². The zero-order chi connectivity index (χ0) is 19.3. The summed E-state index contributed by atoms with van der Waals surface area (Å²) in [7, 11) is 0.880. The van der Waals surface area contributed by atoms with Crippen LogP contribution in [0.25, 0.3) is 0 Å². The number of carbonyl (C=O) groups excluding carboxylic acids is 1. The summed E-state index contributed by atoms with van der Waals surface area (Å²) >= 11 is 0. The van der Waals surface area contributed by atoms with Crippen LogP contribution in [0, 0.1) is 0 Å². The first-order valence-electron chi connectivity index (χ1n) is 7.81. The molecule has 0 saturated heterocycles. The average Bonchev–Trinajstić information content (AvgIpc) is 2.66. The van der Waals surface area contributed by atoms with Gasteiger partial charge < -0.3 is 19.5 Å². The summed E-state index contributed by atoms with van der Waals surface area (Å²) in [6.45, 7) is 1.55. The molecule has 8 heteroatoms. The Bertz CT molecular complexity index is 883. The number of rotatable bonds is 7. The lowest BCUT2D eigenvalue weighted by Crippen LogP contribution is -2.16. The molecule has 0 spiro atoms. The summed E-state index contributed by atoms with van der Waals surface area (Å²) in [5, 5.41) is 2.64. The van der Waals surface area contributed by atoms with Gasteiger partial charge in [-0.15, -0.1) is 0 Å². The standard InChI is InChI=1S/C18H21NO6S/c1-5-26(21,22)16-9-7-6-8-13(16)19-18(20)12-10-14(23-2)17(25-4)15(11-12)24-3/h6-11H,5H2,1-4H3,(H,19,20). The number of nitrogens with one attached hydrogen (secondary N) is 1. The van der Waals surface area contributed by atoms with E-state index in [0.717, 1.165) is 0 Å². The van der Waals surface area contributed by atoms with E-state index in [1.54, 1.807) is 25.1 Å². The number of methoxy groups -OCH3 is 3. The molecule has 0 atom stereocenters. The van der Waals surface area contributed by atoms with Crippen molar-refractivity contribution in [3.8, 4) is 17.2 Å². The first kappa shape index (κ1) is 19.6. The van der Waals surface area contributed by atoms with Gasteiger partial charge in [-0.2, -0.15) is 0 Å². The van der Waals surface area contributed by atoms with Crippen LogP contribution in [0.3, 0.4) is 0 Å². The molecule has 0 radical (unpaired) electrons. The molecule has 0 fully saturated rings. The topological polar surface area (TPSA) is 90.9 Å². The van der Waals surface area contributed by atoms with Crippen LogP contribution in [0.2, 0.25) is 0 Å². The van der Waals surface area contributed by atoms with Gasteiger partial charge in [-0.1, -0.05) is 19.1 Å². The minimum Gasteiger partial charge on any atom is -0.493 e. The molecule has 1 N–H and O–H groups in total. The zero-order valence-electron chi connectivity index (χ0n) is 15.0. The van der Waals surface area contributed by atoms with Gasteiger partial charge in [0.15, 0.2) is 21.3 Å². The van der Waals surface area contributed by atoms with Crippen LogP contribution >= 0.6 is 0 Å². The minimum atomic E-state index is -3.48. The number of anilines is 1. The minimum absolute atomic E-state index is 0.0654. The van der Waals surface area contributed by atoms with Crippen LogP contribution in [0.15, 0.2) is 41.3 Å². The first-order valence-corrected chi connectivity index (χ1v) is 9.46. The SMILES string of the molecule is CCS(=O)(=O)c1ccccc1NC(=O)c1cc(OC)c(OC)c(OC)c1. The van der Waals surface area contributed by atoms with Gasteiger partial charge in [-0.3, -0.25) is 4.79 Å². The predicted molar refractivity (Wildman–Crippen MR) is 98.2 cm³/mol. The maximum Gasteiger partial charge on any atom is 0.255 e. The number of carbonyl (C=O) groups is 1. The van der Waals surface area contributed by atoms with Gasteiger partial charge in [0.2, 0.25) is 5.75 Å². The van der Waals surface area contributed by atoms with Crippen LogP contribution in [0.4, 0.5) is 5.69 Å². The number of hydrogen-bond donors (Lipinski definition) is 1. The Morgan fingerprint density at radius 1 is 1.00 bits per heavy atom. The van der Waals surface area contributed by atoms with Gasteiger partial charge >= 0.3 is 0 Å². The van der Waals surface area contributed by atoms with Crippen LogP contribution in [-0.2, 0) is 9.84 Å². The fourth-order valence-corrected chi connectivity index (χ4v) is 3.45. The smallest absolute Gasteiger partial charge is 0.255 e. The quantitative estimate of drug-likeness (QED) is 0.795. The normalized spacial score (nSPS) is 10.9. The van der Waals surface area contributed by atoms with E-state index in [-0.39, 0.29) is 21.9 Å². The molecule has 0 unspecified atom stereocenters. The third kappa shape index (κ3) is 3.91. The van der Waals surface area contributed by atoms with E-state index in [9.17, 15) is 13.2 Å². The highest BCUT2D eigenvalue weighted by atomic mass is 32.2. The average molecular weight is 379 g/mol. The van der Waals surface area contributed by atoms with Crippen LogP contribution in [0.1, 0.15) is 17.3 Å². The van der Waals surface area contributed by atoms with Crippen molar-refractivity contribution in [1.82, 2.24) is 0 Å². The Balaban J connectivity index is 2.44. The molecule has 0 aliphatic carbocycles. The summed E-state index contributed by atoms with van der Waals surface area (Å²) in [5.41, 5.74) is 0.455. The number of para-hydroxylation sites is 1. The molecule has 0 saturated carbocycles. The van der Waals surface area contributed by atoms with Crippen LogP contribution in [-0.4, -0.2) is 41.4 Å². The second-order valence-corrected chi connectivity index (χ2v) is 7.51. The highest BCUT2D eigenvalue weighted by Gasteiger charge is 2.20. The molecule has 7 nitrogen and oxygen atoms in total. The number of sulfone groups is 1. The summed E-state index contributed by atoms with van der Waals surface area (Å²) in [6, 6.07) is 9.25. The van der Waals surface area contributed by atoms with E-state index in [1.807, 2.05) is 0 Å². The van der Waals surface area contributed by atoms with Crippen LogP contribution in [0.5, 0.6) is 17.2 Å². The van der Waals surface area contributed by atoms with Gasteiger partial charge in [0, 0.05) is 5.56 Å². The van der Waals surface area contributed by atoms with Crippen LogP contribution < -0.4 is 19.5 Å².